The molecule has 3 N–H and O–H groups in total. The molecular formula is C13H19NO7. The van der Waals surface area contributed by atoms with Crippen molar-refractivity contribution >= 4 is 11.9 Å². The van der Waals surface area contributed by atoms with Crippen molar-refractivity contribution in [3.8, 4) is 0 Å². The van der Waals surface area contributed by atoms with Gasteiger partial charge >= 0.3 is 5.97 Å². The molecule has 0 aromatic heterocycles. The molecule has 0 amide bonds. The quantitative estimate of drug-likeness (QED) is 0.614. The summed E-state index contributed by atoms with van der Waals surface area (Å²) in [6, 6.07) is 0. The van der Waals surface area contributed by atoms with Gasteiger partial charge in [0.25, 0.3) is 0 Å². The first-order valence-corrected chi connectivity index (χ1v) is 6.50. The van der Waals surface area contributed by atoms with Crippen LogP contribution in [0.1, 0.15) is 13.8 Å². The fourth-order valence-electron chi connectivity index (χ4n) is 2.70. The first kappa shape index (κ1) is 15.7. The summed E-state index contributed by atoms with van der Waals surface area (Å²) in [4.78, 5) is 15.5. The number of carboxylic acids is 1. The van der Waals surface area contributed by atoms with Gasteiger partial charge in [-0.2, -0.15) is 0 Å². The molecule has 0 unspecified atom stereocenters. The number of aliphatic hydroxyl groups excluding tert-OH is 2. The van der Waals surface area contributed by atoms with Crippen molar-refractivity contribution in [2.75, 3.05) is 13.7 Å². The van der Waals surface area contributed by atoms with E-state index in [-0.39, 0.29) is 5.76 Å². The van der Waals surface area contributed by atoms with E-state index >= 15 is 0 Å². The highest BCUT2D eigenvalue weighted by molar-refractivity contribution is 5.85. The van der Waals surface area contributed by atoms with Gasteiger partial charge in [0, 0.05) is 20.1 Å². The zero-order chi connectivity index (χ0) is 15.8. The number of carboxylic acid groups (broad SMARTS) is 1. The molecule has 0 saturated heterocycles. The molecule has 8 nitrogen and oxygen atoms in total. The van der Waals surface area contributed by atoms with Crippen LogP contribution in [0.15, 0.2) is 16.8 Å². The first-order chi connectivity index (χ1) is 9.83. The van der Waals surface area contributed by atoms with Crippen LogP contribution >= 0.6 is 0 Å². The van der Waals surface area contributed by atoms with E-state index in [4.69, 9.17) is 24.4 Å². The minimum absolute atomic E-state index is 0.292. The molecule has 0 aliphatic carbocycles. The third-order valence-electron chi connectivity index (χ3n) is 3.75. The van der Waals surface area contributed by atoms with Crippen LogP contribution in [0.4, 0.5) is 0 Å². The Balaban J connectivity index is 2.42. The number of aliphatic imine (C=N–C) groups is 1. The number of nitrogens with zero attached hydrogens (tertiary/aromatic N) is 1. The van der Waals surface area contributed by atoms with Crippen molar-refractivity contribution in [2.24, 2.45) is 4.99 Å². The van der Waals surface area contributed by atoms with Crippen molar-refractivity contribution in [3.05, 3.63) is 11.8 Å². The molecule has 2 aliphatic heterocycles. The van der Waals surface area contributed by atoms with Crippen LogP contribution in [0, 0.1) is 0 Å². The Morgan fingerprint density at radius 2 is 2.24 bits per heavy atom. The van der Waals surface area contributed by atoms with E-state index in [2.05, 4.69) is 4.99 Å². The third-order valence-corrected chi connectivity index (χ3v) is 3.75. The number of ether oxygens (including phenoxy) is 3. The van der Waals surface area contributed by atoms with Gasteiger partial charge in [0.2, 0.25) is 5.76 Å². The average Bonchev–Trinajstić information content (AvgIpc) is 2.73. The Morgan fingerprint density at radius 1 is 1.57 bits per heavy atom. The summed E-state index contributed by atoms with van der Waals surface area (Å²) in [7, 11) is 1.34. The van der Waals surface area contributed by atoms with Crippen LogP contribution in [0.3, 0.4) is 0 Å². The topological polar surface area (TPSA) is 118 Å². The highest BCUT2D eigenvalue weighted by Crippen LogP contribution is 2.39. The zero-order valence-corrected chi connectivity index (χ0v) is 12.0. The molecular weight excluding hydrogens is 282 g/mol. The highest BCUT2D eigenvalue weighted by atomic mass is 16.6. The maximum absolute atomic E-state index is 11.2. The van der Waals surface area contributed by atoms with E-state index in [1.165, 1.54) is 13.2 Å². The van der Waals surface area contributed by atoms with Gasteiger partial charge < -0.3 is 29.5 Å². The lowest BCUT2D eigenvalue weighted by Gasteiger charge is -2.42. The van der Waals surface area contributed by atoms with Gasteiger partial charge in [0.15, 0.2) is 18.1 Å². The van der Waals surface area contributed by atoms with Crippen LogP contribution in [0.5, 0.6) is 0 Å². The molecule has 0 aromatic carbocycles. The standard InChI is InChI=1S/C13H19NO7/c1-6-14-13(2)9(20-6)4-8(12(17)18)21-11(13)10(19-3)7(16)5-15/h4,7,9-11,15-16H,5H2,1-3H3,(H,17,18)/t7-,9-,10-,11+,13+/m1/s1. The summed E-state index contributed by atoms with van der Waals surface area (Å²) in [5.41, 5.74) is -0.945. The molecule has 2 aliphatic rings. The highest BCUT2D eigenvalue weighted by Gasteiger charge is 2.56. The molecule has 2 rings (SSSR count). The summed E-state index contributed by atoms with van der Waals surface area (Å²) in [5.74, 6) is -1.14. The number of hydrogen-bond acceptors (Lipinski definition) is 7. The van der Waals surface area contributed by atoms with Gasteiger partial charge in [-0.25, -0.2) is 9.79 Å². The summed E-state index contributed by atoms with van der Waals surface area (Å²) >= 11 is 0. The normalized spacial score (nSPS) is 34.0. The second-order valence-electron chi connectivity index (χ2n) is 5.22. The Labute approximate surface area is 121 Å². The monoisotopic (exact) mass is 301 g/mol. The Hall–Kier alpha value is -1.64. The summed E-state index contributed by atoms with van der Waals surface area (Å²) in [6.07, 6.45) is -2.39. The van der Waals surface area contributed by atoms with E-state index in [0.29, 0.717) is 5.90 Å². The smallest absolute Gasteiger partial charge is 0.370 e. The minimum Gasteiger partial charge on any atom is -0.478 e. The lowest BCUT2D eigenvalue weighted by Crippen LogP contribution is -2.59. The fourth-order valence-corrected chi connectivity index (χ4v) is 2.70. The Kier molecular flexibility index (Phi) is 4.22. The van der Waals surface area contributed by atoms with Crippen LogP contribution in [-0.2, 0) is 19.0 Å². The van der Waals surface area contributed by atoms with Crippen molar-refractivity contribution in [3.63, 3.8) is 0 Å². The number of aliphatic carboxylic acids is 1. The van der Waals surface area contributed by atoms with E-state index in [9.17, 15) is 9.90 Å². The Bertz CT molecular complexity index is 489. The van der Waals surface area contributed by atoms with Gasteiger partial charge in [-0.15, -0.1) is 0 Å². The number of rotatable bonds is 5. The van der Waals surface area contributed by atoms with Crippen LogP contribution in [-0.4, -0.2) is 70.9 Å². The molecule has 0 aromatic rings. The van der Waals surface area contributed by atoms with E-state index in [0.717, 1.165) is 0 Å². The molecule has 0 bridgehead atoms. The maximum atomic E-state index is 11.2. The van der Waals surface area contributed by atoms with Gasteiger partial charge in [-0.1, -0.05) is 0 Å². The lowest BCUT2D eigenvalue weighted by atomic mass is 9.82. The predicted octanol–water partition coefficient (Wildman–Crippen LogP) is -0.702. The van der Waals surface area contributed by atoms with Gasteiger partial charge in [0.1, 0.15) is 17.7 Å². The van der Waals surface area contributed by atoms with Crippen LogP contribution < -0.4 is 0 Å². The fraction of sp³-hybridized carbons (Fsp3) is 0.692. The molecule has 5 atom stereocenters. The molecule has 8 heteroatoms. The molecule has 0 fully saturated rings. The number of aliphatic hydroxyl groups is 2. The number of carbonyl (C=O) groups is 1. The molecule has 0 spiro atoms. The maximum Gasteiger partial charge on any atom is 0.370 e. The van der Waals surface area contributed by atoms with Crippen LogP contribution in [0.2, 0.25) is 0 Å². The number of fused-ring (bicyclic) bond motifs is 1. The average molecular weight is 301 g/mol. The zero-order valence-electron chi connectivity index (χ0n) is 12.0. The lowest BCUT2D eigenvalue weighted by molar-refractivity contribution is -0.156. The number of methoxy groups -OCH3 is 1. The summed E-state index contributed by atoms with van der Waals surface area (Å²) in [6.45, 7) is 2.83. The predicted molar refractivity (Wildman–Crippen MR) is 70.9 cm³/mol. The first-order valence-electron chi connectivity index (χ1n) is 6.50. The van der Waals surface area contributed by atoms with E-state index < -0.39 is 42.5 Å². The molecule has 0 radical (unpaired) electrons. The second-order valence-corrected chi connectivity index (χ2v) is 5.22. The molecule has 118 valence electrons. The van der Waals surface area contributed by atoms with Crippen molar-refractivity contribution in [1.82, 2.24) is 0 Å². The summed E-state index contributed by atoms with van der Waals surface area (Å²) in [5, 5.41) is 28.2. The third kappa shape index (κ3) is 2.61. The second kappa shape index (κ2) is 5.63. The van der Waals surface area contributed by atoms with Crippen LogP contribution in [0.25, 0.3) is 0 Å². The van der Waals surface area contributed by atoms with Crippen molar-refractivity contribution in [1.29, 1.82) is 0 Å². The van der Waals surface area contributed by atoms with Gasteiger partial charge in [-0.05, 0) is 6.92 Å². The van der Waals surface area contributed by atoms with Gasteiger partial charge in [0.05, 0.1) is 6.61 Å². The minimum atomic E-state index is -1.25. The van der Waals surface area contributed by atoms with E-state index in [1.54, 1.807) is 13.8 Å². The largest absolute Gasteiger partial charge is 0.478 e. The molecule has 21 heavy (non-hydrogen) atoms. The molecule has 2 heterocycles. The van der Waals surface area contributed by atoms with Crippen molar-refractivity contribution < 1.29 is 34.3 Å². The number of hydrogen-bond donors (Lipinski definition) is 3. The Morgan fingerprint density at radius 3 is 2.76 bits per heavy atom. The SMILES string of the molecule is CO[C@H]([C@H](O)CO)[C@@H]1OC(C(=O)O)=C[C@H]2OC(C)=N[C@@]21C. The molecule has 0 saturated carbocycles. The van der Waals surface area contributed by atoms with Crippen molar-refractivity contribution in [2.45, 2.75) is 43.8 Å². The van der Waals surface area contributed by atoms with E-state index in [1.807, 2.05) is 0 Å². The van der Waals surface area contributed by atoms with Gasteiger partial charge in [-0.3, -0.25) is 0 Å². The summed E-state index contributed by atoms with van der Waals surface area (Å²) < 4.78 is 16.2.